The molecule has 0 saturated carbocycles. The highest BCUT2D eigenvalue weighted by molar-refractivity contribution is 7.16. The Morgan fingerprint density at radius 1 is 1.36 bits per heavy atom. The van der Waals surface area contributed by atoms with E-state index in [0.29, 0.717) is 22.9 Å². The third kappa shape index (κ3) is 2.85. The number of aromatic nitrogens is 3. The molecule has 0 fully saturated rings. The van der Waals surface area contributed by atoms with Gasteiger partial charge in [-0.25, -0.2) is 9.37 Å². The van der Waals surface area contributed by atoms with Crippen molar-refractivity contribution < 1.29 is 4.39 Å². The predicted molar refractivity (Wildman–Crippen MR) is 85.0 cm³/mol. The van der Waals surface area contributed by atoms with E-state index in [1.54, 1.807) is 6.07 Å². The van der Waals surface area contributed by atoms with Crippen LogP contribution >= 0.6 is 11.3 Å². The Labute approximate surface area is 130 Å². The molecule has 0 radical (unpaired) electrons. The first kappa shape index (κ1) is 14.6. The third-order valence-electron chi connectivity index (χ3n) is 3.30. The third-order valence-corrected chi connectivity index (χ3v) is 4.35. The molecule has 0 saturated heterocycles. The first-order chi connectivity index (χ1) is 10.6. The van der Waals surface area contributed by atoms with Crippen molar-refractivity contribution in [2.75, 3.05) is 5.32 Å². The van der Waals surface area contributed by atoms with Crippen LogP contribution in [0.3, 0.4) is 0 Å². The minimum absolute atomic E-state index is 0.200. The van der Waals surface area contributed by atoms with Crippen LogP contribution in [0.15, 0.2) is 29.1 Å². The van der Waals surface area contributed by atoms with Gasteiger partial charge >= 0.3 is 0 Å². The van der Waals surface area contributed by atoms with Crippen LogP contribution in [0.4, 0.5) is 10.1 Å². The molecule has 0 atom stereocenters. The molecule has 0 bridgehead atoms. The van der Waals surface area contributed by atoms with Gasteiger partial charge in [-0.1, -0.05) is 24.3 Å². The quantitative estimate of drug-likeness (QED) is 0.803. The van der Waals surface area contributed by atoms with Gasteiger partial charge in [-0.05, 0) is 31.0 Å². The Bertz CT molecular complexity index is 887. The van der Waals surface area contributed by atoms with E-state index in [1.807, 2.05) is 13.8 Å². The number of nitrogens with one attached hydrogen (secondary N) is 1. The topological polar surface area (TPSA) is 59.3 Å². The summed E-state index contributed by atoms with van der Waals surface area (Å²) in [5, 5.41) is 8.19. The Kier molecular flexibility index (Phi) is 3.89. The second-order valence-electron chi connectivity index (χ2n) is 4.94. The van der Waals surface area contributed by atoms with Gasteiger partial charge in [-0.2, -0.15) is 9.61 Å². The summed E-state index contributed by atoms with van der Waals surface area (Å²) in [4.78, 5) is 17.1. The van der Waals surface area contributed by atoms with E-state index < -0.39 is 0 Å². The molecule has 1 aromatic carbocycles. The summed E-state index contributed by atoms with van der Waals surface area (Å²) in [6, 6.07) is 6.01. The van der Waals surface area contributed by atoms with Gasteiger partial charge in [-0.15, -0.1) is 0 Å². The molecule has 0 unspecified atom stereocenters. The zero-order chi connectivity index (χ0) is 15.7. The van der Waals surface area contributed by atoms with Gasteiger partial charge in [0.05, 0.1) is 12.2 Å². The number of aryl methyl sites for hydroxylation is 2. The lowest BCUT2D eigenvalue weighted by Crippen LogP contribution is -2.17. The normalized spacial score (nSPS) is 11.0. The van der Waals surface area contributed by atoms with E-state index in [1.165, 1.54) is 34.1 Å². The van der Waals surface area contributed by atoms with E-state index in [4.69, 9.17) is 0 Å². The summed E-state index contributed by atoms with van der Waals surface area (Å²) in [5.74, 6) is -0.299. The monoisotopic (exact) mass is 318 g/mol. The summed E-state index contributed by atoms with van der Waals surface area (Å²) in [6.07, 6.45) is 0.767. The molecule has 1 N–H and O–H groups in total. The van der Waals surface area contributed by atoms with E-state index in [-0.39, 0.29) is 11.4 Å². The molecule has 0 amide bonds. The van der Waals surface area contributed by atoms with E-state index >= 15 is 0 Å². The highest BCUT2D eigenvalue weighted by Crippen LogP contribution is 2.17. The number of anilines is 1. The van der Waals surface area contributed by atoms with Crippen molar-refractivity contribution in [3.05, 3.63) is 56.7 Å². The second-order valence-corrected chi connectivity index (χ2v) is 5.98. The molecule has 3 aromatic rings. The van der Waals surface area contributed by atoms with E-state index in [2.05, 4.69) is 15.4 Å². The standard InChI is InChI=1S/C15H15FN4OS/c1-3-13-19-20-14(21)7-11(18-15(20)22-13)8-17-12-6-10(16)5-4-9(12)2/h4-7,17H,3,8H2,1-2H3. The van der Waals surface area contributed by atoms with Gasteiger partial charge in [0.1, 0.15) is 10.8 Å². The fraction of sp³-hybridized carbons (Fsp3) is 0.267. The average molecular weight is 318 g/mol. The van der Waals surface area contributed by atoms with Crippen molar-refractivity contribution in [2.24, 2.45) is 0 Å². The van der Waals surface area contributed by atoms with Crippen LogP contribution in [0, 0.1) is 12.7 Å². The van der Waals surface area contributed by atoms with E-state index in [0.717, 1.165) is 17.0 Å². The fourth-order valence-corrected chi connectivity index (χ4v) is 2.96. The van der Waals surface area contributed by atoms with Crippen LogP contribution in [0.25, 0.3) is 4.96 Å². The maximum atomic E-state index is 13.3. The lowest BCUT2D eigenvalue weighted by atomic mass is 10.2. The molecule has 5 nitrogen and oxygen atoms in total. The van der Waals surface area contributed by atoms with Crippen molar-refractivity contribution in [2.45, 2.75) is 26.8 Å². The number of halogens is 1. The molecule has 22 heavy (non-hydrogen) atoms. The largest absolute Gasteiger partial charge is 0.379 e. The number of hydrogen-bond acceptors (Lipinski definition) is 5. The predicted octanol–water partition coefficient (Wildman–Crippen LogP) is 2.77. The van der Waals surface area contributed by atoms with Gasteiger partial charge in [0.2, 0.25) is 4.96 Å². The maximum absolute atomic E-state index is 13.3. The lowest BCUT2D eigenvalue weighted by Gasteiger charge is -2.09. The van der Waals surface area contributed by atoms with Crippen molar-refractivity contribution in [1.29, 1.82) is 0 Å². The SMILES string of the molecule is CCc1nn2c(=O)cc(CNc3cc(F)ccc3C)nc2s1. The maximum Gasteiger partial charge on any atom is 0.275 e. The van der Waals surface area contributed by atoms with Gasteiger partial charge in [0.15, 0.2) is 0 Å². The Balaban J connectivity index is 1.87. The molecule has 0 aliphatic rings. The Morgan fingerprint density at radius 3 is 2.95 bits per heavy atom. The van der Waals surface area contributed by atoms with E-state index in [9.17, 15) is 9.18 Å². The van der Waals surface area contributed by atoms with Crippen molar-refractivity contribution >= 4 is 22.0 Å². The number of rotatable bonds is 4. The summed E-state index contributed by atoms with van der Waals surface area (Å²) >= 11 is 1.41. The molecular weight excluding hydrogens is 303 g/mol. The highest BCUT2D eigenvalue weighted by Gasteiger charge is 2.08. The molecule has 0 spiro atoms. The van der Waals surface area contributed by atoms with Gasteiger partial charge in [-0.3, -0.25) is 4.79 Å². The second kappa shape index (κ2) is 5.84. The number of benzene rings is 1. The smallest absolute Gasteiger partial charge is 0.275 e. The fourth-order valence-electron chi connectivity index (χ4n) is 2.10. The van der Waals surface area contributed by atoms with Crippen LogP contribution < -0.4 is 10.9 Å². The van der Waals surface area contributed by atoms with Gasteiger partial charge < -0.3 is 5.32 Å². The summed E-state index contributed by atoms with van der Waals surface area (Å²) in [7, 11) is 0. The van der Waals surface area contributed by atoms with Crippen LogP contribution in [0.5, 0.6) is 0 Å². The first-order valence-electron chi connectivity index (χ1n) is 6.95. The van der Waals surface area contributed by atoms with Crippen molar-refractivity contribution in [3.8, 4) is 0 Å². The molecule has 2 heterocycles. The van der Waals surface area contributed by atoms with Crippen LogP contribution in [0.2, 0.25) is 0 Å². The molecule has 0 aliphatic heterocycles. The van der Waals surface area contributed by atoms with Gasteiger partial charge in [0, 0.05) is 11.8 Å². The van der Waals surface area contributed by atoms with Crippen molar-refractivity contribution in [1.82, 2.24) is 14.6 Å². The summed E-state index contributed by atoms with van der Waals surface area (Å²) < 4.78 is 14.6. The van der Waals surface area contributed by atoms with Gasteiger partial charge in [0.25, 0.3) is 5.56 Å². The van der Waals surface area contributed by atoms with Crippen LogP contribution in [-0.2, 0) is 13.0 Å². The molecule has 2 aromatic heterocycles. The minimum Gasteiger partial charge on any atom is -0.379 e. The molecule has 114 valence electrons. The van der Waals surface area contributed by atoms with Crippen molar-refractivity contribution in [3.63, 3.8) is 0 Å². The average Bonchev–Trinajstić information content (AvgIpc) is 2.92. The Hall–Kier alpha value is -2.28. The van der Waals surface area contributed by atoms with Crippen LogP contribution in [-0.4, -0.2) is 14.6 Å². The lowest BCUT2D eigenvalue weighted by molar-refractivity contribution is 0.628. The molecule has 7 heteroatoms. The Morgan fingerprint density at radius 2 is 2.18 bits per heavy atom. The van der Waals surface area contributed by atoms with Crippen LogP contribution in [0.1, 0.15) is 23.2 Å². The summed E-state index contributed by atoms with van der Waals surface area (Å²) in [6.45, 7) is 4.23. The molecule has 0 aliphatic carbocycles. The first-order valence-corrected chi connectivity index (χ1v) is 7.77. The summed E-state index contributed by atoms with van der Waals surface area (Å²) in [5.41, 5.74) is 2.04. The molecular formula is C15H15FN4OS. The number of nitrogens with zero attached hydrogens (tertiary/aromatic N) is 3. The zero-order valence-corrected chi connectivity index (χ0v) is 13.1. The zero-order valence-electron chi connectivity index (χ0n) is 12.3. The highest BCUT2D eigenvalue weighted by atomic mass is 32.1. The number of hydrogen-bond donors (Lipinski definition) is 1. The molecule has 3 rings (SSSR count). The number of fused-ring (bicyclic) bond motifs is 1. The minimum atomic E-state index is -0.299.